The van der Waals surface area contributed by atoms with Gasteiger partial charge in [0.15, 0.2) is 23.1 Å². The Kier molecular flexibility index (Phi) is 9.33. The second-order valence-electron chi connectivity index (χ2n) is 29.2. The minimum absolute atomic E-state index is 0.0236. The summed E-state index contributed by atoms with van der Waals surface area (Å²) in [5.74, 6) is 0.478. The Labute approximate surface area is 412 Å². The number of aromatic nitrogens is 2. The predicted molar refractivity (Wildman–Crippen MR) is 259 cm³/mol. The summed E-state index contributed by atoms with van der Waals surface area (Å²) in [5, 5.41) is 25.7. The molecule has 2 N–H and O–H groups in total. The molecule has 10 fully saturated rings. The van der Waals surface area contributed by atoms with Crippen molar-refractivity contribution in [3.8, 4) is 0 Å². The molecule has 69 heavy (non-hydrogen) atoms. The molecule has 12 aliphatic rings. The molecule has 24 atom stereocenters. The molecule has 5 heterocycles. The van der Waals surface area contributed by atoms with Crippen molar-refractivity contribution in [2.45, 2.75) is 216 Å². The zero-order valence-corrected chi connectivity index (χ0v) is 44.6. The summed E-state index contributed by atoms with van der Waals surface area (Å²) in [5.41, 5.74) is -0.318. The van der Waals surface area contributed by atoms with Crippen LogP contribution in [0, 0.1) is 102 Å². The molecular formula is C59H86N2O8. The number of hydrogen-bond acceptors (Lipinski definition) is 10. The van der Waals surface area contributed by atoms with Crippen LogP contribution in [0.4, 0.5) is 0 Å². The van der Waals surface area contributed by atoms with Crippen molar-refractivity contribution in [2.75, 3.05) is 13.2 Å². The van der Waals surface area contributed by atoms with Crippen LogP contribution in [0.2, 0.25) is 0 Å². The Morgan fingerprint density at radius 1 is 0.536 bits per heavy atom. The van der Waals surface area contributed by atoms with Crippen LogP contribution in [-0.2, 0) is 54.2 Å². The van der Waals surface area contributed by atoms with E-state index in [4.69, 9.17) is 28.9 Å². The van der Waals surface area contributed by atoms with E-state index in [0.29, 0.717) is 37.9 Å². The number of Topliss-reactive ketones (excluding diaryl/α,β-unsaturated/α-hetero) is 2. The van der Waals surface area contributed by atoms with E-state index < -0.39 is 56.3 Å². The fourth-order valence-corrected chi connectivity index (χ4v) is 22.5. The van der Waals surface area contributed by atoms with Gasteiger partial charge in [0.2, 0.25) is 0 Å². The van der Waals surface area contributed by atoms with Crippen LogP contribution >= 0.6 is 0 Å². The third-order valence-electron chi connectivity index (χ3n) is 27.5. The SMILES string of the molecule is C[C@H]1CC[C@@]2(OC1)O[C@H]1C[C@@]3(C)C4CC[C@@]5(C)Cc6nc7c(nc6C[C@]5(C)[C@@]4(C)C(=O)[C@@H](O)[C@]3(C)[C@H]1[C@@H]2C)CC1CCC2[C@]3(C)C[C@@H]4O[C@]5(CC[C@H](C)CO5)[C@@H](C)[C@@H]4[C@@]3(C)[C@H](O)C(=O)[C@]2(C)[C@@]1(C)C7. The standard InChI is InChI=1S/C59H86N2O8/c1-30-16-20-58(66-28-30)32(3)43-39(68-58)26-51(7)41-15-14-34-22-35-37(24-50(34,6)54(41,10)45(62)47(64)56(43,51)12)61-36-23-49(5)19-18-42-52(8)27-40-44(33(4)59(69-40)21-17-31(2)29-67-59)57(52,13)48(65)46(63)55(42,11)53(49,9)25-38(36)60-35/h30-34,39-44,47-48,64-65H,14-29H2,1-13H3/t30-,31-,32-,33-,34?,39-,40-,41?,42?,43-,44-,47+,48+,49-,50-,51-,52-,53-,54+,55+,56-,57-,58+,59+/m0/s1. The first-order valence-electron chi connectivity index (χ1n) is 28.2. The smallest absolute Gasteiger partial charge is 0.171 e. The van der Waals surface area contributed by atoms with Crippen molar-refractivity contribution in [1.29, 1.82) is 0 Å². The maximum absolute atomic E-state index is 15.7. The summed E-state index contributed by atoms with van der Waals surface area (Å²) in [6.07, 6.45) is 9.96. The van der Waals surface area contributed by atoms with E-state index in [1.165, 1.54) is 0 Å². The minimum Gasteiger partial charge on any atom is -0.385 e. The Morgan fingerprint density at radius 2 is 1.01 bits per heavy atom. The Hall–Kier alpha value is -1.82. The molecule has 4 aliphatic heterocycles. The van der Waals surface area contributed by atoms with Crippen LogP contribution < -0.4 is 0 Å². The van der Waals surface area contributed by atoms with E-state index in [0.717, 1.165) is 99.8 Å². The third-order valence-corrected chi connectivity index (χ3v) is 27.5. The van der Waals surface area contributed by atoms with Crippen LogP contribution in [0.25, 0.3) is 0 Å². The van der Waals surface area contributed by atoms with Gasteiger partial charge in [-0.1, -0.05) is 90.0 Å². The second kappa shape index (κ2) is 13.7. The molecule has 4 saturated heterocycles. The van der Waals surface area contributed by atoms with Crippen LogP contribution in [-0.4, -0.2) is 81.0 Å². The number of ether oxygens (including phenoxy) is 4. The van der Waals surface area contributed by atoms with Crippen LogP contribution in [0.3, 0.4) is 0 Å². The maximum atomic E-state index is 15.7. The van der Waals surface area contributed by atoms with Gasteiger partial charge in [-0.3, -0.25) is 19.6 Å². The van der Waals surface area contributed by atoms with E-state index in [2.05, 4.69) is 90.0 Å². The Balaban J connectivity index is 0.814. The van der Waals surface area contributed by atoms with Crippen molar-refractivity contribution in [3.05, 3.63) is 22.8 Å². The quantitative estimate of drug-likeness (QED) is 0.259. The van der Waals surface area contributed by atoms with Crippen molar-refractivity contribution in [1.82, 2.24) is 9.97 Å². The number of hydrogen-bond donors (Lipinski definition) is 2. The number of fused-ring (bicyclic) bond motifs is 16. The lowest BCUT2D eigenvalue weighted by atomic mass is 9.31. The molecule has 0 bridgehead atoms. The number of nitrogens with zero attached hydrogens (tertiary/aromatic N) is 2. The van der Waals surface area contributed by atoms with Crippen LogP contribution in [0.5, 0.6) is 0 Å². The average Bonchev–Trinajstić information content (AvgIpc) is 3.89. The zero-order valence-electron chi connectivity index (χ0n) is 44.6. The highest BCUT2D eigenvalue weighted by atomic mass is 16.7. The number of aliphatic hydroxyl groups is 2. The molecular weight excluding hydrogens is 865 g/mol. The van der Waals surface area contributed by atoms with E-state index >= 15 is 9.59 Å². The lowest BCUT2D eigenvalue weighted by Gasteiger charge is -2.72. The fraction of sp³-hybridized carbons (Fsp3) is 0.898. The molecule has 8 aliphatic carbocycles. The molecule has 6 saturated carbocycles. The summed E-state index contributed by atoms with van der Waals surface area (Å²) in [7, 11) is 0. The first-order chi connectivity index (χ1) is 32.2. The summed E-state index contributed by atoms with van der Waals surface area (Å²) in [4.78, 5) is 42.6. The highest BCUT2D eigenvalue weighted by Gasteiger charge is 2.83. The molecule has 3 unspecified atom stereocenters. The van der Waals surface area contributed by atoms with Gasteiger partial charge in [-0.15, -0.1) is 0 Å². The van der Waals surface area contributed by atoms with E-state index in [-0.39, 0.29) is 81.4 Å². The Bertz CT molecular complexity index is 2430. The van der Waals surface area contributed by atoms with Gasteiger partial charge >= 0.3 is 0 Å². The van der Waals surface area contributed by atoms with Crippen molar-refractivity contribution in [2.24, 2.45) is 102 Å². The van der Waals surface area contributed by atoms with Crippen LogP contribution in [0.15, 0.2) is 0 Å². The lowest BCUT2D eigenvalue weighted by molar-refractivity contribution is -0.282. The summed E-state index contributed by atoms with van der Waals surface area (Å²) in [6, 6.07) is 0. The van der Waals surface area contributed by atoms with Gasteiger partial charge in [0.1, 0.15) is 12.2 Å². The summed E-state index contributed by atoms with van der Waals surface area (Å²) < 4.78 is 27.4. The maximum Gasteiger partial charge on any atom is 0.171 e. The van der Waals surface area contributed by atoms with Gasteiger partial charge in [-0.2, -0.15) is 0 Å². The average molecular weight is 951 g/mol. The van der Waals surface area contributed by atoms with Gasteiger partial charge in [0.25, 0.3) is 0 Å². The summed E-state index contributed by atoms with van der Waals surface area (Å²) in [6.45, 7) is 31.4. The van der Waals surface area contributed by atoms with E-state index in [1.807, 2.05) is 0 Å². The molecule has 0 radical (unpaired) electrons. The molecule has 380 valence electrons. The van der Waals surface area contributed by atoms with Crippen molar-refractivity contribution < 1.29 is 38.7 Å². The number of carbonyl (C=O) groups excluding carboxylic acids is 2. The first-order valence-corrected chi connectivity index (χ1v) is 28.2. The van der Waals surface area contributed by atoms with E-state index in [1.54, 1.807) is 0 Å². The number of aliphatic hydroxyl groups excluding tert-OH is 2. The molecule has 1 aromatic heterocycles. The molecule has 0 aromatic carbocycles. The number of rotatable bonds is 0. The fourth-order valence-electron chi connectivity index (χ4n) is 22.5. The highest BCUT2D eigenvalue weighted by Crippen LogP contribution is 2.81. The zero-order chi connectivity index (χ0) is 49.0. The second-order valence-corrected chi connectivity index (χ2v) is 29.2. The van der Waals surface area contributed by atoms with Gasteiger partial charge < -0.3 is 29.2 Å². The van der Waals surface area contributed by atoms with Gasteiger partial charge in [-0.25, -0.2) is 0 Å². The summed E-state index contributed by atoms with van der Waals surface area (Å²) >= 11 is 0. The van der Waals surface area contributed by atoms with Gasteiger partial charge in [-0.05, 0) is 134 Å². The molecule has 1 aromatic rings. The third kappa shape index (κ3) is 4.93. The van der Waals surface area contributed by atoms with Crippen molar-refractivity contribution >= 4 is 11.6 Å². The van der Waals surface area contributed by atoms with Crippen molar-refractivity contribution in [3.63, 3.8) is 0 Å². The number of carbonyl (C=O) groups is 2. The molecule has 10 nitrogen and oxygen atoms in total. The largest absolute Gasteiger partial charge is 0.385 e. The van der Waals surface area contributed by atoms with Crippen LogP contribution in [0.1, 0.15) is 177 Å². The predicted octanol–water partition coefficient (Wildman–Crippen LogP) is 9.45. The molecule has 10 heteroatoms. The molecule has 13 rings (SSSR count). The normalized spacial score (nSPS) is 60.9. The van der Waals surface area contributed by atoms with E-state index in [9.17, 15) is 10.2 Å². The Morgan fingerprint density at radius 3 is 1.54 bits per heavy atom. The lowest BCUT2D eigenvalue weighted by Crippen LogP contribution is -2.74. The van der Waals surface area contributed by atoms with Gasteiger partial charge in [0, 0.05) is 58.2 Å². The topological polar surface area (TPSA) is 137 Å². The minimum atomic E-state index is -1.10. The highest BCUT2D eigenvalue weighted by molar-refractivity contribution is 5.93. The molecule has 2 spiro atoms. The number of ketones is 2. The monoisotopic (exact) mass is 951 g/mol. The van der Waals surface area contributed by atoms with Gasteiger partial charge in [0.05, 0.1) is 48.2 Å². The first kappa shape index (κ1) is 46.9. The molecule has 0 amide bonds.